The van der Waals surface area contributed by atoms with Crippen LogP contribution in [-0.4, -0.2) is 17.6 Å². The van der Waals surface area contributed by atoms with E-state index in [-0.39, 0.29) is 10.8 Å². The normalized spacial score (nSPS) is 35.6. The fourth-order valence-electron chi connectivity index (χ4n) is 8.67. The lowest BCUT2D eigenvalue weighted by molar-refractivity contribution is -0.00710. The van der Waals surface area contributed by atoms with Gasteiger partial charge in [0.1, 0.15) is 0 Å². The Morgan fingerprint density at radius 2 is 1.62 bits per heavy atom. The monoisotopic (exact) mass is 516 g/mol. The molecule has 2 nitrogen and oxygen atoms in total. The molecule has 5 rings (SSSR count). The summed E-state index contributed by atoms with van der Waals surface area (Å²) in [7, 11) is 0. The summed E-state index contributed by atoms with van der Waals surface area (Å²) in [5, 5.41) is 3.96. The van der Waals surface area contributed by atoms with Crippen LogP contribution in [-0.2, 0) is 11.8 Å². The Morgan fingerprint density at radius 3 is 2.27 bits per heavy atom. The molecule has 0 saturated heterocycles. The molecule has 0 spiro atoms. The number of thiocarbonyl (C=S) groups is 1. The first-order valence-corrected chi connectivity index (χ1v) is 15.5. The zero-order valence-electron chi connectivity index (χ0n) is 23.1. The highest BCUT2D eigenvalue weighted by atomic mass is 32.1. The van der Waals surface area contributed by atoms with Crippen molar-refractivity contribution in [3.63, 3.8) is 0 Å². The molecule has 5 unspecified atom stereocenters. The van der Waals surface area contributed by atoms with Crippen molar-refractivity contribution in [2.75, 3.05) is 6.54 Å². The Balaban J connectivity index is 1.40. The number of aryl methyl sites for hydroxylation is 1. The summed E-state index contributed by atoms with van der Waals surface area (Å²) in [6, 6.07) is 23.1. The Labute approximate surface area is 231 Å². The van der Waals surface area contributed by atoms with Gasteiger partial charge in [0.2, 0.25) is 0 Å². The minimum Gasteiger partial charge on any atom is -0.376 e. The molecule has 0 heterocycles. The van der Waals surface area contributed by atoms with E-state index in [2.05, 4.69) is 79.8 Å². The van der Waals surface area contributed by atoms with Gasteiger partial charge < -0.3 is 11.1 Å². The van der Waals surface area contributed by atoms with Crippen LogP contribution in [0.5, 0.6) is 0 Å². The van der Waals surface area contributed by atoms with Crippen LogP contribution in [0.15, 0.2) is 60.7 Å². The summed E-state index contributed by atoms with van der Waals surface area (Å²) in [5.41, 5.74) is 9.35. The molecule has 3 fully saturated rings. The smallest absolute Gasteiger partial charge is 0.0818 e. The molecule has 0 aromatic heterocycles. The molecule has 0 aliphatic heterocycles. The van der Waals surface area contributed by atoms with Gasteiger partial charge in [-0.15, -0.1) is 0 Å². The maximum Gasteiger partial charge on any atom is 0.0818 e. The summed E-state index contributed by atoms with van der Waals surface area (Å²) < 4.78 is 0. The fraction of sp³-hybridized carbons (Fsp3) is 0.618. The minimum atomic E-state index is 0.101. The second-order valence-electron chi connectivity index (χ2n) is 12.9. The van der Waals surface area contributed by atoms with E-state index in [1.807, 2.05) is 0 Å². The minimum absolute atomic E-state index is 0.101. The molecule has 3 aliphatic rings. The Morgan fingerprint density at radius 1 is 0.946 bits per heavy atom. The van der Waals surface area contributed by atoms with Gasteiger partial charge in [-0.1, -0.05) is 86.7 Å². The quantitative estimate of drug-likeness (QED) is 0.351. The molecule has 200 valence electrons. The van der Waals surface area contributed by atoms with E-state index in [1.165, 1.54) is 74.8 Å². The van der Waals surface area contributed by atoms with Gasteiger partial charge in [0.25, 0.3) is 0 Å². The molecule has 3 N–H and O–H groups in total. The molecular weight excluding hydrogens is 468 g/mol. The van der Waals surface area contributed by atoms with Gasteiger partial charge in [-0.3, -0.25) is 0 Å². The third kappa shape index (κ3) is 5.69. The first-order chi connectivity index (χ1) is 18.0. The highest BCUT2D eigenvalue weighted by Crippen LogP contribution is 2.61. The predicted octanol–water partition coefficient (Wildman–Crippen LogP) is 7.84. The van der Waals surface area contributed by atoms with Gasteiger partial charge in [0.15, 0.2) is 0 Å². The lowest BCUT2D eigenvalue weighted by atomic mass is 9.46. The van der Waals surface area contributed by atoms with E-state index >= 15 is 0 Å². The number of hydrogen-bond donors (Lipinski definition) is 2. The third-order valence-corrected chi connectivity index (χ3v) is 11.3. The SMILES string of the molecule is CCC1(C(=S)N[C@H]2CC[C@H](CN)CC2)CC2CC(c3ccccc3)(CC(C)C2CCc2ccccc2)C1. The van der Waals surface area contributed by atoms with Crippen LogP contribution in [0.1, 0.15) is 89.2 Å². The molecule has 37 heavy (non-hydrogen) atoms. The van der Waals surface area contributed by atoms with Crippen LogP contribution in [0, 0.1) is 29.1 Å². The molecular formula is C34H48N2S. The number of rotatable bonds is 8. The zero-order chi connectivity index (χ0) is 25.9. The molecule has 2 bridgehead atoms. The summed E-state index contributed by atoms with van der Waals surface area (Å²) in [5.74, 6) is 2.94. The van der Waals surface area contributed by atoms with Crippen molar-refractivity contribution < 1.29 is 0 Å². The van der Waals surface area contributed by atoms with Gasteiger partial charge in [-0.05, 0) is 117 Å². The van der Waals surface area contributed by atoms with Crippen LogP contribution in [0.25, 0.3) is 0 Å². The van der Waals surface area contributed by atoms with E-state index in [0.29, 0.717) is 12.0 Å². The van der Waals surface area contributed by atoms with E-state index in [4.69, 9.17) is 18.0 Å². The fourth-order valence-corrected chi connectivity index (χ4v) is 9.14. The standard InChI is InChI=1S/C34H48N2S/c1-3-33(32(37)36-30-17-14-27(23-35)15-18-30)21-28-22-34(24-33,29-12-8-5-9-13-29)20-25(2)31(28)19-16-26-10-6-4-7-11-26/h4-13,25,27-28,30-31H,3,14-24,35H2,1-2H3,(H,36,37)/t25?,27-,28?,30-,31?,33?,34?. The van der Waals surface area contributed by atoms with Crippen molar-refractivity contribution in [1.82, 2.24) is 5.32 Å². The topological polar surface area (TPSA) is 38.0 Å². The van der Waals surface area contributed by atoms with E-state index in [9.17, 15) is 0 Å². The molecule has 5 atom stereocenters. The summed E-state index contributed by atoms with van der Waals surface area (Å²) >= 11 is 6.37. The third-order valence-electron chi connectivity index (χ3n) is 10.7. The molecule has 2 aromatic rings. The van der Waals surface area contributed by atoms with Crippen LogP contribution in [0.2, 0.25) is 0 Å². The van der Waals surface area contributed by atoms with Crippen molar-refractivity contribution in [2.24, 2.45) is 34.8 Å². The molecule has 2 aromatic carbocycles. The number of fused-ring (bicyclic) bond motifs is 2. The number of benzene rings is 2. The lowest BCUT2D eigenvalue weighted by Crippen LogP contribution is -2.56. The van der Waals surface area contributed by atoms with Crippen LogP contribution in [0.4, 0.5) is 0 Å². The van der Waals surface area contributed by atoms with Crippen molar-refractivity contribution in [3.8, 4) is 0 Å². The van der Waals surface area contributed by atoms with Gasteiger partial charge in [-0.25, -0.2) is 0 Å². The number of hydrogen-bond acceptors (Lipinski definition) is 2. The molecule has 3 aliphatic carbocycles. The second kappa shape index (κ2) is 11.6. The molecule has 3 heteroatoms. The maximum atomic E-state index is 6.37. The van der Waals surface area contributed by atoms with Crippen LogP contribution < -0.4 is 11.1 Å². The van der Waals surface area contributed by atoms with Crippen molar-refractivity contribution in [3.05, 3.63) is 71.8 Å². The van der Waals surface area contributed by atoms with Crippen molar-refractivity contribution in [1.29, 1.82) is 0 Å². The molecule has 0 radical (unpaired) electrons. The highest BCUT2D eigenvalue weighted by molar-refractivity contribution is 7.80. The van der Waals surface area contributed by atoms with Crippen LogP contribution >= 0.6 is 12.2 Å². The lowest BCUT2D eigenvalue weighted by Gasteiger charge is -2.59. The maximum absolute atomic E-state index is 6.37. The zero-order valence-corrected chi connectivity index (χ0v) is 23.9. The first kappa shape index (κ1) is 26.9. The Kier molecular flexibility index (Phi) is 8.41. The van der Waals surface area contributed by atoms with Gasteiger partial charge in [0, 0.05) is 11.5 Å². The summed E-state index contributed by atoms with van der Waals surface area (Å²) in [6.07, 6.45) is 13.6. The number of nitrogens with two attached hydrogens (primary N) is 1. The second-order valence-corrected chi connectivity index (χ2v) is 13.3. The van der Waals surface area contributed by atoms with Gasteiger partial charge in [0.05, 0.1) is 4.99 Å². The average molecular weight is 517 g/mol. The van der Waals surface area contributed by atoms with E-state index < -0.39 is 0 Å². The molecule has 0 amide bonds. The van der Waals surface area contributed by atoms with Crippen molar-refractivity contribution in [2.45, 2.75) is 95.9 Å². The largest absolute Gasteiger partial charge is 0.376 e. The van der Waals surface area contributed by atoms with Crippen molar-refractivity contribution >= 4 is 17.2 Å². The Bertz CT molecular complexity index is 1010. The average Bonchev–Trinajstić information content (AvgIpc) is 2.94. The summed E-state index contributed by atoms with van der Waals surface area (Å²) in [6.45, 7) is 5.78. The van der Waals surface area contributed by atoms with E-state index in [0.717, 1.165) is 30.7 Å². The van der Waals surface area contributed by atoms with E-state index in [1.54, 1.807) is 5.56 Å². The van der Waals surface area contributed by atoms with Crippen LogP contribution in [0.3, 0.4) is 0 Å². The summed E-state index contributed by atoms with van der Waals surface area (Å²) in [4.78, 5) is 1.17. The highest BCUT2D eigenvalue weighted by Gasteiger charge is 2.55. The Hall–Kier alpha value is -1.71. The van der Waals surface area contributed by atoms with Gasteiger partial charge in [-0.2, -0.15) is 0 Å². The number of nitrogens with one attached hydrogen (secondary N) is 1. The first-order valence-electron chi connectivity index (χ1n) is 15.1. The van der Waals surface area contributed by atoms with Gasteiger partial charge >= 0.3 is 0 Å². The molecule has 3 saturated carbocycles. The predicted molar refractivity (Wildman–Crippen MR) is 161 cm³/mol.